The minimum absolute atomic E-state index is 0.0907. The number of rotatable bonds is 8. The van der Waals surface area contributed by atoms with Gasteiger partial charge in [-0.3, -0.25) is 0 Å². The maximum Gasteiger partial charge on any atom is 0.333 e. The molecule has 0 amide bonds. The number of para-hydroxylation sites is 1. The first-order chi connectivity index (χ1) is 10.4. The van der Waals surface area contributed by atoms with Crippen LogP contribution in [0, 0.1) is 0 Å². The van der Waals surface area contributed by atoms with Gasteiger partial charge in [-0.2, -0.15) is 0 Å². The Bertz CT molecular complexity index is 574. The molecule has 118 valence electrons. The molecular formula is C17H20O5. The number of hydrogen-bond acceptors (Lipinski definition) is 5. The van der Waals surface area contributed by atoms with Crippen LogP contribution in [0.4, 0.5) is 0 Å². The molecular weight excluding hydrogens is 284 g/mol. The second-order valence-corrected chi connectivity index (χ2v) is 4.73. The van der Waals surface area contributed by atoms with Crippen LogP contribution in [-0.2, 0) is 25.7 Å². The van der Waals surface area contributed by atoms with E-state index in [0.717, 1.165) is 5.56 Å². The quantitative estimate of drug-likeness (QED) is 0.420. The average molecular weight is 304 g/mol. The zero-order chi connectivity index (χ0) is 16.5. The fraction of sp³-hybridized carbons (Fsp3) is 0.294. The molecule has 1 rings (SSSR count). The number of benzene rings is 1. The third kappa shape index (κ3) is 5.83. The second-order valence-electron chi connectivity index (χ2n) is 4.73. The van der Waals surface area contributed by atoms with E-state index in [9.17, 15) is 9.59 Å². The van der Waals surface area contributed by atoms with Gasteiger partial charge in [0, 0.05) is 16.7 Å². The van der Waals surface area contributed by atoms with Gasteiger partial charge in [-0.15, -0.1) is 0 Å². The summed E-state index contributed by atoms with van der Waals surface area (Å²) in [6, 6.07) is 7.17. The van der Waals surface area contributed by atoms with Crippen LogP contribution in [0.1, 0.15) is 19.4 Å². The standard InChI is InChI=1S/C17H20O5/c1-12(2)16(18)21-10-9-20-15-8-6-5-7-14(15)11-22-17(19)13(3)4/h5-8H,1,3,9-11H2,2,4H3. The number of carbonyl (C=O) groups excluding carboxylic acids is 2. The lowest BCUT2D eigenvalue weighted by Gasteiger charge is -2.12. The van der Waals surface area contributed by atoms with E-state index in [1.807, 2.05) is 6.07 Å². The van der Waals surface area contributed by atoms with Gasteiger partial charge < -0.3 is 14.2 Å². The zero-order valence-electron chi connectivity index (χ0n) is 12.9. The number of carbonyl (C=O) groups is 2. The lowest BCUT2D eigenvalue weighted by molar-refractivity contribution is -0.141. The molecule has 0 radical (unpaired) electrons. The predicted octanol–water partition coefficient (Wildman–Crippen LogP) is 2.80. The van der Waals surface area contributed by atoms with Crippen molar-refractivity contribution in [1.82, 2.24) is 0 Å². The van der Waals surface area contributed by atoms with Crippen molar-refractivity contribution in [2.45, 2.75) is 20.5 Å². The minimum Gasteiger partial charge on any atom is -0.490 e. The summed E-state index contributed by atoms with van der Waals surface area (Å²) in [6.45, 7) is 10.6. The van der Waals surface area contributed by atoms with Gasteiger partial charge in [-0.1, -0.05) is 31.4 Å². The fourth-order valence-electron chi connectivity index (χ4n) is 1.44. The molecule has 0 aliphatic carbocycles. The van der Waals surface area contributed by atoms with Crippen LogP contribution in [0.2, 0.25) is 0 Å². The Labute approximate surface area is 130 Å². The van der Waals surface area contributed by atoms with Crippen molar-refractivity contribution in [2.24, 2.45) is 0 Å². The summed E-state index contributed by atoms with van der Waals surface area (Å²) in [5.41, 5.74) is 1.40. The SMILES string of the molecule is C=C(C)C(=O)OCCOc1ccccc1COC(=O)C(=C)C. The zero-order valence-corrected chi connectivity index (χ0v) is 12.9. The summed E-state index contributed by atoms with van der Waals surface area (Å²) < 4.78 is 15.6. The molecule has 1 aromatic carbocycles. The summed E-state index contributed by atoms with van der Waals surface area (Å²) in [7, 11) is 0. The summed E-state index contributed by atoms with van der Waals surface area (Å²) in [4.78, 5) is 22.6. The monoisotopic (exact) mass is 304 g/mol. The molecule has 5 heteroatoms. The Morgan fingerprint density at radius 2 is 1.55 bits per heavy atom. The second kappa shape index (κ2) is 8.67. The molecule has 0 unspecified atom stereocenters. The first-order valence-electron chi connectivity index (χ1n) is 6.77. The maximum absolute atomic E-state index is 11.4. The molecule has 0 bridgehead atoms. The van der Waals surface area contributed by atoms with Crippen molar-refractivity contribution in [3.63, 3.8) is 0 Å². The summed E-state index contributed by atoms with van der Waals surface area (Å²) in [5, 5.41) is 0. The van der Waals surface area contributed by atoms with Gasteiger partial charge in [-0.05, 0) is 19.9 Å². The Kier molecular flexibility index (Phi) is 6.89. The largest absolute Gasteiger partial charge is 0.490 e. The van der Waals surface area contributed by atoms with Gasteiger partial charge in [0.15, 0.2) is 0 Å². The van der Waals surface area contributed by atoms with Gasteiger partial charge >= 0.3 is 11.9 Å². The van der Waals surface area contributed by atoms with E-state index in [1.54, 1.807) is 32.0 Å². The molecule has 0 saturated heterocycles. The van der Waals surface area contributed by atoms with Crippen LogP contribution in [0.25, 0.3) is 0 Å². The smallest absolute Gasteiger partial charge is 0.333 e. The van der Waals surface area contributed by atoms with Crippen molar-refractivity contribution in [1.29, 1.82) is 0 Å². The molecule has 22 heavy (non-hydrogen) atoms. The number of ether oxygens (including phenoxy) is 3. The molecule has 0 N–H and O–H groups in total. The normalized spacial score (nSPS) is 9.73. The van der Waals surface area contributed by atoms with Crippen LogP contribution in [0.3, 0.4) is 0 Å². The fourth-order valence-corrected chi connectivity index (χ4v) is 1.44. The highest BCUT2D eigenvalue weighted by atomic mass is 16.6. The van der Waals surface area contributed by atoms with Crippen molar-refractivity contribution in [2.75, 3.05) is 13.2 Å². The Morgan fingerprint density at radius 3 is 2.18 bits per heavy atom. The third-order valence-electron chi connectivity index (χ3n) is 2.60. The van der Waals surface area contributed by atoms with E-state index >= 15 is 0 Å². The van der Waals surface area contributed by atoms with Gasteiger partial charge in [0.1, 0.15) is 25.6 Å². The Balaban J connectivity index is 2.50. The highest BCUT2D eigenvalue weighted by Crippen LogP contribution is 2.19. The lowest BCUT2D eigenvalue weighted by Crippen LogP contribution is -2.13. The van der Waals surface area contributed by atoms with Gasteiger partial charge in [0.05, 0.1) is 0 Å². The average Bonchev–Trinajstić information content (AvgIpc) is 2.49. The first kappa shape index (κ1) is 17.5. The molecule has 0 aromatic heterocycles. The van der Waals surface area contributed by atoms with Gasteiger partial charge in [-0.25, -0.2) is 9.59 Å². The van der Waals surface area contributed by atoms with E-state index in [2.05, 4.69) is 13.2 Å². The summed E-state index contributed by atoms with van der Waals surface area (Å²) >= 11 is 0. The molecule has 0 saturated carbocycles. The number of esters is 2. The molecule has 1 aromatic rings. The molecule has 0 fully saturated rings. The topological polar surface area (TPSA) is 61.8 Å². The molecule has 0 aliphatic rings. The number of hydrogen-bond donors (Lipinski definition) is 0. The minimum atomic E-state index is -0.454. The molecule has 0 spiro atoms. The van der Waals surface area contributed by atoms with Crippen LogP contribution < -0.4 is 4.74 Å². The Hall–Kier alpha value is -2.56. The third-order valence-corrected chi connectivity index (χ3v) is 2.60. The lowest BCUT2D eigenvalue weighted by atomic mass is 10.2. The van der Waals surface area contributed by atoms with Crippen molar-refractivity contribution in [3.05, 3.63) is 54.1 Å². The molecule has 0 atom stereocenters. The Morgan fingerprint density at radius 1 is 0.955 bits per heavy atom. The van der Waals surface area contributed by atoms with Crippen molar-refractivity contribution in [3.8, 4) is 5.75 Å². The highest BCUT2D eigenvalue weighted by molar-refractivity contribution is 5.87. The van der Waals surface area contributed by atoms with Crippen LogP contribution in [-0.4, -0.2) is 25.2 Å². The van der Waals surface area contributed by atoms with E-state index in [0.29, 0.717) is 16.9 Å². The van der Waals surface area contributed by atoms with Crippen molar-refractivity contribution < 1.29 is 23.8 Å². The van der Waals surface area contributed by atoms with Crippen LogP contribution in [0.15, 0.2) is 48.6 Å². The van der Waals surface area contributed by atoms with Crippen LogP contribution in [0.5, 0.6) is 5.75 Å². The maximum atomic E-state index is 11.4. The highest BCUT2D eigenvalue weighted by Gasteiger charge is 2.08. The molecule has 0 aliphatic heterocycles. The van der Waals surface area contributed by atoms with Crippen LogP contribution >= 0.6 is 0 Å². The van der Waals surface area contributed by atoms with E-state index < -0.39 is 11.9 Å². The van der Waals surface area contributed by atoms with E-state index in [-0.39, 0.29) is 19.8 Å². The van der Waals surface area contributed by atoms with E-state index in [4.69, 9.17) is 14.2 Å². The van der Waals surface area contributed by atoms with Gasteiger partial charge in [0.25, 0.3) is 0 Å². The molecule has 5 nitrogen and oxygen atoms in total. The van der Waals surface area contributed by atoms with Gasteiger partial charge in [0.2, 0.25) is 0 Å². The predicted molar refractivity (Wildman–Crippen MR) is 82.3 cm³/mol. The van der Waals surface area contributed by atoms with E-state index in [1.165, 1.54) is 0 Å². The summed E-state index contributed by atoms with van der Waals surface area (Å²) in [6.07, 6.45) is 0. The molecule has 0 heterocycles. The summed E-state index contributed by atoms with van der Waals surface area (Å²) in [5.74, 6) is -0.333. The first-order valence-corrected chi connectivity index (χ1v) is 6.77. The van der Waals surface area contributed by atoms with Crippen molar-refractivity contribution >= 4 is 11.9 Å².